The van der Waals surface area contributed by atoms with Gasteiger partial charge in [-0.2, -0.15) is 0 Å². The van der Waals surface area contributed by atoms with E-state index in [1.165, 1.54) is 5.56 Å². The van der Waals surface area contributed by atoms with Gasteiger partial charge in [-0.1, -0.05) is 6.07 Å². The molecule has 1 N–H and O–H groups in total. The van der Waals surface area contributed by atoms with Crippen LogP contribution >= 0.6 is 0 Å². The standard InChI is InChI=1S/C14H16N2O2/c1-17-12-5-3-4-10-13(12)16-11-8-15-7-6-9(11)14(10)18-2/h3-5,15H,6-8H2,1-2H3. The number of aromatic nitrogens is 1. The van der Waals surface area contributed by atoms with Crippen LogP contribution in [0, 0.1) is 0 Å². The third-order valence-corrected chi connectivity index (χ3v) is 3.38. The summed E-state index contributed by atoms with van der Waals surface area (Å²) >= 11 is 0. The van der Waals surface area contributed by atoms with E-state index in [2.05, 4.69) is 5.32 Å². The average molecular weight is 244 g/mol. The molecule has 4 heteroatoms. The lowest BCUT2D eigenvalue weighted by molar-refractivity contribution is 0.407. The molecule has 0 spiro atoms. The fraction of sp³-hybridized carbons (Fsp3) is 0.357. The van der Waals surface area contributed by atoms with Crippen molar-refractivity contribution in [2.75, 3.05) is 20.8 Å². The SMILES string of the molecule is COc1c2c(nc3c(OC)cccc13)CNCC2. The van der Waals surface area contributed by atoms with Gasteiger partial charge in [0.25, 0.3) is 0 Å². The van der Waals surface area contributed by atoms with Gasteiger partial charge < -0.3 is 14.8 Å². The first-order valence-corrected chi connectivity index (χ1v) is 6.08. The normalized spacial score (nSPS) is 14.3. The third kappa shape index (κ3) is 1.61. The number of hydrogen-bond acceptors (Lipinski definition) is 4. The fourth-order valence-electron chi connectivity index (χ4n) is 2.54. The summed E-state index contributed by atoms with van der Waals surface area (Å²) in [7, 11) is 3.39. The van der Waals surface area contributed by atoms with Gasteiger partial charge in [-0.25, -0.2) is 4.98 Å². The number of hydrogen-bond donors (Lipinski definition) is 1. The van der Waals surface area contributed by atoms with Crippen LogP contribution in [-0.2, 0) is 13.0 Å². The smallest absolute Gasteiger partial charge is 0.145 e. The summed E-state index contributed by atoms with van der Waals surface area (Å²) in [6, 6.07) is 5.93. The van der Waals surface area contributed by atoms with Crippen molar-refractivity contribution in [3.05, 3.63) is 29.5 Å². The molecule has 0 bridgehead atoms. The Kier molecular flexibility index (Phi) is 2.80. The van der Waals surface area contributed by atoms with Gasteiger partial charge in [0.05, 0.1) is 19.9 Å². The van der Waals surface area contributed by atoms with Gasteiger partial charge in [0.2, 0.25) is 0 Å². The molecule has 1 aliphatic heterocycles. The van der Waals surface area contributed by atoms with Crippen molar-refractivity contribution >= 4 is 10.9 Å². The van der Waals surface area contributed by atoms with Crippen molar-refractivity contribution in [1.82, 2.24) is 10.3 Å². The highest BCUT2D eigenvalue weighted by Gasteiger charge is 2.19. The van der Waals surface area contributed by atoms with Gasteiger partial charge in [-0.3, -0.25) is 0 Å². The van der Waals surface area contributed by atoms with Crippen LogP contribution < -0.4 is 14.8 Å². The Labute approximate surface area is 106 Å². The molecule has 0 aliphatic carbocycles. The predicted octanol–water partition coefficient (Wildman–Crippen LogP) is 1.90. The topological polar surface area (TPSA) is 43.4 Å². The molecule has 0 radical (unpaired) electrons. The number of pyridine rings is 1. The largest absolute Gasteiger partial charge is 0.496 e. The Hall–Kier alpha value is -1.81. The molecule has 1 aromatic carbocycles. The van der Waals surface area contributed by atoms with E-state index in [9.17, 15) is 0 Å². The quantitative estimate of drug-likeness (QED) is 0.876. The Bertz CT molecular complexity index is 596. The van der Waals surface area contributed by atoms with Gasteiger partial charge in [0, 0.05) is 17.5 Å². The molecule has 0 unspecified atom stereocenters. The summed E-state index contributed by atoms with van der Waals surface area (Å²) in [4.78, 5) is 4.73. The molecule has 3 rings (SSSR count). The van der Waals surface area contributed by atoms with Crippen molar-refractivity contribution in [3.63, 3.8) is 0 Å². The number of nitrogens with one attached hydrogen (secondary N) is 1. The van der Waals surface area contributed by atoms with Crippen molar-refractivity contribution in [1.29, 1.82) is 0 Å². The number of ether oxygens (including phenoxy) is 2. The highest BCUT2D eigenvalue weighted by atomic mass is 16.5. The molecule has 2 aromatic rings. The van der Waals surface area contributed by atoms with Crippen molar-refractivity contribution in [3.8, 4) is 11.5 Å². The molecule has 94 valence electrons. The lowest BCUT2D eigenvalue weighted by Crippen LogP contribution is -2.25. The molecule has 1 aromatic heterocycles. The molecule has 2 heterocycles. The average Bonchev–Trinajstić information content (AvgIpc) is 2.44. The number of para-hydroxylation sites is 1. The molecular weight excluding hydrogens is 228 g/mol. The predicted molar refractivity (Wildman–Crippen MR) is 70.3 cm³/mol. The Balaban J connectivity index is 2.36. The van der Waals surface area contributed by atoms with Gasteiger partial charge in [0.1, 0.15) is 17.0 Å². The van der Waals surface area contributed by atoms with Gasteiger partial charge >= 0.3 is 0 Å². The van der Waals surface area contributed by atoms with Crippen LogP contribution in [0.15, 0.2) is 18.2 Å². The molecule has 0 amide bonds. The maximum atomic E-state index is 5.60. The summed E-state index contributed by atoms with van der Waals surface area (Å²) in [5.74, 6) is 1.73. The lowest BCUT2D eigenvalue weighted by atomic mass is 10.0. The van der Waals surface area contributed by atoms with Gasteiger partial charge in [-0.05, 0) is 25.1 Å². The van der Waals surface area contributed by atoms with E-state index in [0.717, 1.165) is 47.6 Å². The highest BCUT2D eigenvalue weighted by molar-refractivity contribution is 5.91. The summed E-state index contributed by atoms with van der Waals surface area (Å²) in [5, 5.41) is 4.36. The van der Waals surface area contributed by atoms with E-state index in [1.807, 2.05) is 18.2 Å². The van der Waals surface area contributed by atoms with Crippen LogP contribution in [0.2, 0.25) is 0 Å². The lowest BCUT2D eigenvalue weighted by Gasteiger charge is -2.21. The second-order valence-corrected chi connectivity index (χ2v) is 4.35. The second-order valence-electron chi connectivity index (χ2n) is 4.35. The van der Waals surface area contributed by atoms with E-state index in [0.29, 0.717) is 0 Å². The first kappa shape index (κ1) is 11.3. The van der Waals surface area contributed by atoms with Crippen LogP contribution in [0.1, 0.15) is 11.3 Å². The summed E-state index contributed by atoms with van der Waals surface area (Å²) in [5.41, 5.74) is 3.16. The van der Waals surface area contributed by atoms with Crippen LogP contribution in [0.4, 0.5) is 0 Å². The van der Waals surface area contributed by atoms with Crippen molar-refractivity contribution in [2.45, 2.75) is 13.0 Å². The zero-order valence-electron chi connectivity index (χ0n) is 10.6. The number of fused-ring (bicyclic) bond motifs is 2. The Morgan fingerprint density at radius 3 is 2.89 bits per heavy atom. The summed E-state index contributed by atoms with van der Waals surface area (Å²) in [6.07, 6.45) is 0.957. The maximum absolute atomic E-state index is 5.60. The molecule has 4 nitrogen and oxygen atoms in total. The molecule has 18 heavy (non-hydrogen) atoms. The minimum atomic E-state index is 0.791. The van der Waals surface area contributed by atoms with E-state index in [1.54, 1.807) is 14.2 Å². The number of rotatable bonds is 2. The van der Waals surface area contributed by atoms with Crippen LogP contribution in [-0.4, -0.2) is 25.7 Å². The Morgan fingerprint density at radius 1 is 1.22 bits per heavy atom. The molecule has 0 saturated heterocycles. The summed E-state index contributed by atoms with van der Waals surface area (Å²) in [6.45, 7) is 1.76. The summed E-state index contributed by atoms with van der Waals surface area (Å²) < 4.78 is 11.0. The molecule has 0 fully saturated rings. The van der Waals surface area contributed by atoms with Gasteiger partial charge in [-0.15, -0.1) is 0 Å². The minimum Gasteiger partial charge on any atom is -0.496 e. The van der Waals surface area contributed by atoms with Crippen molar-refractivity contribution in [2.24, 2.45) is 0 Å². The first-order valence-electron chi connectivity index (χ1n) is 6.08. The maximum Gasteiger partial charge on any atom is 0.145 e. The van der Waals surface area contributed by atoms with Crippen molar-refractivity contribution < 1.29 is 9.47 Å². The second kappa shape index (κ2) is 4.46. The number of nitrogens with zero attached hydrogens (tertiary/aromatic N) is 1. The van der Waals surface area contributed by atoms with E-state index in [4.69, 9.17) is 14.5 Å². The van der Waals surface area contributed by atoms with Crippen LogP contribution in [0.25, 0.3) is 10.9 Å². The van der Waals surface area contributed by atoms with E-state index >= 15 is 0 Å². The van der Waals surface area contributed by atoms with E-state index in [-0.39, 0.29) is 0 Å². The number of methoxy groups -OCH3 is 2. The molecule has 0 saturated carbocycles. The molecular formula is C14H16N2O2. The third-order valence-electron chi connectivity index (χ3n) is 3.38. The van der Waals surface area contributed by atoms with Crippen LogP contribution in [0.3, 0.4) is 0 Å². The zero-order chi connectivity index (χ0) is 12.5. The Morgan fingerprint density at radius 2 is 2.11 bits per heavy atom. The minimum absolute atomic E-state index is 0.791. The zero-order valence-corrected chi connectivity index (χ0v) is 10.6. The van der Waals surface area contributed by atoms with E-state index < -0.39 is 0 Å². The fourth-order valence-corrected chi connectivity index (χ4v) is 2.54. The van der Waals surface area contributed by atoms with Crippen LogP contribution in [0.5, 0.6) is 11.5 Å². The monoisotopic (exact) mass is 244 g/mol. The molecule has 0 atom stereocenters. The first-order chi connectivity index (χ1) is 8.85. The molecule has 1 aliphatic rings. The van der Waals surface area contributed by atoms with Gasteiger partial charge in [0.15, 0.2) is 0 Å². The number of benzene rings is 1. The highest BCUT2D eigenvalue weighted by Crippen LogP contribution is 2.35.